The van der Waals surface area contributed by atoms with Crippen molar-refractivity contribution in [3.8, 4) is 0 Å². The highest BCUT2D eigenvalue weighted by molar-refractivity contribution is 5.91. The molecular weight excluding hydrogens is 262 g/mol. The molecule has 6 heteroatoms. The number of fused-ring (bicyclic) bond motifs is 1. The molecule has 0 saturated carbocycles. The van der Waals surface area contributed by atoms with Crippen molar-refractivity contribution < 1.29 is 24.2 Å². The molecule has 6 nitrogen and oxygen atoms in total. The molecule has 0 spiro atoms. The van der Waals surface area contributed by atoms with Gasteiger partial charge in [0.2, 0.25) is 0 Å². The molecule has 1 aliphatic rings. The average molecular weight is 279 g/mol. The molecule has 0 aliphatic carbocycles. The number of rotatable bonds is 3. The monoisotopic (exact) mass is 279 g/mol. The number of benzene rings is 1. The van der Waals surface area contributed by atoms with Crippen LogP contribution < -0.4 is 0 Å². The van der Waals surface area contributed by atoms with Gasteiger partial charge in [0.15, 0.2) is 6.23 Å². The predicted octanol–water partition coefficient (Wildman–Crippen LogP) is 2.04. The van der Waals surface area contributed by atoms with Crippen molar-refractivity contribution in [1.82, 2.24) is 4.90 Å². The summed E-state index contributed by atoms with van der Waals surface area (Å²) in [6.07, 6.45) is -1.26. The lowest BCUT2D eigenvalue weighted by atomic mass is 9.93. The van der Waals surface area contributed by atoms with Crippen molar-refractivity contribution in [2.24, 2.45) is 0 Å². The number of hydrogen-bond acceptors (Lipinski definition) is 4. The van der Waals surface area contributed by atoms with E-state index in [4.69, 9.17) is 9.47 Å². The van der Waals surface area contributed by atoms with Gasteiger partial charge < -0.3 is 14.6 Å². The first-order valence-electron chi connectivity index (χ1n) is 6.41. The van der Waals surface area contributed by atoms with Crippen LogP contribution in [-0.4, -0.2) is 42.3 Å². The van der Waals surface area contributed by atoms with Crippen molar-refractivity contribution in [3.63, 3.8) is 0 Å². The SMILES string of the molecule is CCOC(=O)c1cccc2c1CCN(C(=O)O)C2OC. The number of esters is 1. The van der Waals surface area contributed by atoms with Crippen LogP contribution in [0.15, 0.2) is 18.2 Å². The first kappa shape index (κ1) is 14.3. The van der Waals surface area contributed by atoms with E-state index in [1.54, 1.807) is 25.1 Å². The van der Waals surface area contributed by atoms with Crippen LogP contribution in [0.2, 0.25) is 0 Å². The Labute approximate surface area is 116 Å². The summed E-state index contributed by atoms with van der Waals surface area (Å²) in [6, 6.07) is 5.18. The van der Waals surface area contributed by atoms with E-state index in [2.05, 4.69) is 0 Å². The maximum Gasteiger partial charge on any atom is 0.409 e. The fourth-order valence-electron chi connectivity index (χ4n) is 2.48. The molecule has 1 amide bonds. The van der Waals surface area contributed by atoms with Crippen LogP contribution in [0.5, 0.6) is 0 Å². The number of carbonyl (C=O) groups excluding carboxylic acids is 1. The molecule has 2 rings (SSSR count). The zero-order valence-corrected chi connectivity index (χ0v) is 11.5. The molecule has 0 fully saturated rings. The van der Waals surface area contributed by atoms with Gasteiger partial charge in [-0.05, 0) is 25.0 Å². The summed E-state index contributed by atoms with van der Waals surface area (Å²) in [5.41, 5.74) is 1.98. The predicted molar refractivity (Wildman–Crippen MR) is 70.6 cm³/mol. The van der Waals surface area contributed by atoms with Gasteiger partial charge in [-0.25, -0.2) is 9.59 Å². The minimum absolute atomic E-state index is 0.289. The first-order chi connectivity index (χ1) is 9.60. The number of methoxy groups -OCH3 is 1. The minimum atomic E-state index is -1.04. The Morgan fingerprint density at radius 1 is 1.45 bits per heavy atom. The lowest BCUT2D eigenvalue weighted by Crippen LogP contribution is -2.40. The van der Waals surface area contributed by atoms with Crippen LogP contribution in [0.1, 0.15) is 34.6 Å². The molecule has 0 radical (unpaired) electrons. The van der Waals surface area contributed by atoms with Gasteiger partial charge in [0.25, 0.3) is 0 Å². The molecule has 1 unspecified atom stereocenters. The summed E-state index contributed by atoms with van der Waals surface area (Å²) >= 11 is 0. The van der Waals surface area contributed by atoms with E-state index in [0.717, 1.165) is 5.56 Å². The number of carbonyl (C=O) groups is 2. The third kappa shape index (κ3) is 2.46. The minimum Gasteiger partial charge on any atom is -0.465 e. The van der Waals surface area contributed by atoms with Crippen LogP contribution in [0, 0.1) is 0 Å². The third-order valence-electron chi connectivity index (χ3n) is 3.33. The Kier molecular flexibility index (Phi) is 4.24. The van der Waals surface area contributed by atoms with Gasteiger partial charge in [-0.1, -0.05) is 12.1 Å². The molecule has 1 atom stereocenters. The fraction of sp³-hybridized carbons (Fsp3) is 0.429. The summed E-state index contributed by atoms with van der Waals surface area (Å²) in [6.45, 7) is 2.34. The molecule has 1 N–H and O–H groups in total. The van der Waals surface area contributed by atoms with Crippen LogP contribution in [0.25, 0.3) is 0 Å². The quantitative estimate of drug-likeness (QED) is 0.857. The molecule has 20 heavy (non-hydrogen) atoms. The van der Waals surface area contributed by atoms with Crippen molar-refractivity contribution in [2.45, 2.75) is 19.6 Å². The Bertz CT molecular complexity index is 528. The van der Waals surface area contributed by atoms with E-state index >= 15 is 0 Å². The Morgan fingerprint density at radius 3 is 2.80 bits per heavy atom. The lowest BCUT2D eigenvalue weighted by molar-refractivity contribution is -0.0294. The zero-order valence-electron chi connectivity index (χ0n) is 11.5. The summed E-state index contributed by atoms with van der Waals surface area (Å²) in [4.78, 5) is 24.4. The molecule has 0 saturated heterocycles. The molecule has 108 valence electrons. The first-order valence-corrected chi connectivity index (χ1v) is 6.41. The molecule has 1 aliphatic heterocycles. The van der Waals surface area contributed by atoms with Crippen LogP contribution in [-0.2, 0) is 15.9 Å². The summed E-state index contributed by atoms with van der Waals surface area (Å²) < 4.78 is 10.3. The van der Waals surface area contributed by atoms with Gasteiger partial charge in [0, 0.05) is 19.2 Å². The number of carboxylic acid groups (broad SMARTS) is 1. The van der Waals surface area contributed by atoms with E-state index in [1.165, 1.54) is 12.0 Å². The van der Waals surface area contributed by atoms with E-state index in [9.17, 15) is 14.7 Å². The fourth-order valence-corrected chi connectivity index (χ4v) is 2.48. The van der Waals surface area contributed by atoms with Crippen molar-refractivity contribution in [1.29, 1.82) is 0 Å². The highest BCUT2D eigenvalue weighted by Gasteiger charge is 2.32. The van der Waals surface area contributed by atoms with Crippen LogP contribution in [0.4, 0.5) is 4.79 Å². The molecule has 1 aromatic carbocycles. The van der Waals surface area contributed by atoms with Crippen LogP contribution >= 0.6 is 0 Å². The lowest BCUT2D eigenvalue weighted by Gasteiger charge is -2.34. The Morgan fingerprint density at radius 2 is 2.20 bits per heavy atom. The molecule has 1 aromatic rings. The number of amides is 1. The topological polar surface area (TPSA) is 76.1 Å². The van der Waals surface area contributed by atoms with Gasteiger partial charge in [0.1, 0.15) is 0 Å². The van der Waals surface area contributed by atoms with Gasteiger partial charge >= 0.3 is 12.1 Å². The van der Waals surface area contributed by atoms with Gasteiger partial charge in [-0.2, -0.15) is 0 Å². The number of nitrogens with zero attached hydrogens (tertiary/aromatic N) is 1. The highest BCUT2D eigenvalue weighted by Crippen LogP contribution is 2.32. The van der Waals surface area contributed by atoms with E-state index in [1.807, 2.05) is 0 Å². The third-order valence-corrected chi connectivity index (χ3v) is 3.33. The van der Waals surface area contributed by atoms with E-state index < -0.39 is 12.3 Å². The van der Waals surface area contributed by atoms with Gasteiger partial charge in [-0.15, -0.1) is 0 Å². The van der Waals surface area contributed by atoms with E-state index in [0.29, 0.717) is 24.2 Å². The average Bonchev–Trinajstić information content (AvgIpc) is 2.45. The standard InChI is InChI=1S/C14H17NO5/c1-3-20-13(16)11-6-4-5-10-9(11)7-8-15(14(17)18)12(10)19-2/h4-6,12H,3,7-8H2,1-2H3,(H,17,18). The number of ether oxygens (including phenoxy) is 2. The molecule has 0 aromatic heterocycles. The normalized spacial score (nSPS) is 17.5. The second-order valence-electron chi connectivity index (χ2n) is 4.41. The van der Waals surface area contributed by atoms with Crippen molar-refractivity contribution >= 4 is 12.1 Å². The smallest absolute Gasteiger partial charge is 0.409 e. The zero-order chi connectivity index (χ0) is 14.7. The van der Waals surface area contributed by atoms with Crippen molar-refractivity contribution in [2.75, 3.05) is 20.3 Å². The molecular formula is C14H17NO5. The van der Waals surface area contributed by atoms with Gasteiger partial charge in [0.05, 0.1) is 12.2 Å². The Hall–Kier alpha value is -2.08. The maximum atomic E-state index is 11.9. The molecule has 1 heterocycles. The summed E-state index contributed by atoms with van der Waals surface area (Å²) in [5, 5.41) is 9.18. The van der Waals surface area contributed by atoms with Gasteiger partial charge in [-0.3, -0.25) is 4.90 Å². The molecule has 0 bridgehead atoms. The maximum absolute atomic E-state index is 11.9. The highest BCUT2D eigenvalue weighted by atomic mass is 16.5. The second-order valence-corrected chi connectivity index (χ2v) is 4.41. The number of hydrogen-bond donors (Lipinski definition) is 1. The summed E-state index contributed by atoms with van der Waals surface area (Å²) in [7, 11) is 1.45. The van der Waals surface area contributed by atoms with E-state index in [-0.39, 0.29) is 12.5 Å². The van der Waals surface area contributed by atoms with Crippen LogP contribution in [0.3, 0.4) is 0 Å². The van der Waals surface area contributed by atoms with Crippen molar-refractivity contribution in [3.05, 3.63) is 34.9 Å². The Balaban J connectivity index is 2.43. The second kappa shape index (κ2) is 5.92. The largest absolute Gasteiger partial charge is 0.465 e. The summed E-state index contributed by atoms with van der Waals surface area (Å²) in [5.74, 6) is -0.386.